The maximum Gasteiger partial charge on any atom is 0.289 e. The van der Waals surface area contributed by atoms with Crippen molar-refractivity contribution in [3.05, 3.63) is 52.4 Å². The molecular formula is C14H13ClN2O2. The van der Waals surface area contributed by atoms with Crippen LogP contribution in [-0.4, -0.2) is 17.4 Å². The first-order valence-corrected chi connectivity index (χ1v) is 6.44. The quantitative estimate of drug-likeness (QED) is 0.815. The maximum atomic E-state index is 12.3. The van der Waals surface area contributed by atoms with Gasteiger partial charge in [-0.25, -0.2) is 0 Å². The molecule has 4 nitrogen and oxygen atoms in total. The first kappa shape index (κ1) is 12.1. The van der Waals surface area contributed by atoms with Crippen LogP contribution in [-0.2, 0) is 13.0 Å². The molecule has 0 radical (unpaired) electrons. The minimum Gasteiger partial charge on any atom is -0.440 e. The number of hydrogen-bond donors (Lipinski definition) is 1. The Morgan fingerprint density at radius 3 is 2.89 bits per heavy atom. The number of benzene rings is 1. The average molecular weight is 277 g/mol. The summed E-state index contributed by atoms with van der Waals surface area (Å²) in [5.41, 5.74) is 8.93. The second-order valence-electron chi connectivity index (χ2n) is 4.57. The summed E-state index contributed by atoms with van der Waals surface area (Å²) < 4.78 is 5.16. The molecule has 2 heterocycles. The van der Waals surface area contributed by atoms with E-state index in [1.807, 2.05) is 12.1 Å². The van der Waals surface area contributed by atoms with Gasteiger partial charge in [-0.2, -0.15) is 0 Å². The highest BCUT2D eigenvalue weighted by atomic mass is 35.5. The van der Waals surface area contributed by atoms with Gasteiger partial charge >= 0.3 is 0 Å². The van der Waals surface area contributed by atoms with Crippen molar-refractivity contribution in [2.75, 3.05) is 12.3 Å². The van der Waals surface area contributed by atoms with Crippen LogP contribution in [0.1, 0.15) is 21.7 Å². The van der Waals surface area contributed by atoms with E-state index in [9.17, 15) is 4.79 Å². The van der Waals surface area contributed by atoms with E-state index in [0.717, 1.165) is 17.7 Å². The van der Waals surface area contributed by atoms with Gasteiger partial charge in [0.15, 0.2) is 11.0 Å². The fraction of sp³-hybridized carbons (Fsp3) is 0.214. The van der Waals surface area contributed by atoms with Crippen LogP contribution in [0.15, 0.2) is 34.7 Å². The molecule has 2 N–H and O–H groups in total. The van der Waals surface area contributed by atoms with E-state index in [1.54, 1.807) is 17.0 Å². The van der Waals surface area contributed by atoms with Crippen molar-refractivity contribution in [3.63, 3.8) is 0 Å². The lowest BCUT2D eigenvalue weighted by molar-refractivity contribution is 0.0703. The first-order chi connectivity index (χ1) is 9.15. The zero-order chi connectivity index (χ0) is 13.4. The van der Waals surface area contributed by atoms with Gasteiger partial charge in [0.25, 0.3) is 5.91 Å². The number of halogens is 1. The van der Waals surface area contributed by atoms with Crippen molar-refractivity contribution in [3.8, 4) is 0 Å². The van der Waals surface area contributed by atoms with Crippen molar-refractivity contribution in [1.82, 2.24) is 4.90 Å². The van der Waals surface area contributed by atoms with Crippen molar-refractivity contribution in [1.29, 1.82) is 0 Å². The van der Waals surface area contributed by atoms with Gasteiger partial charge in [-0.15, -0.1) is 0 Å². The monoisotopic (exact) mass is 276 g/mol. The Kier molecular flexibility index (Phi) is 2.95. The molecule has 19 heavy (non-hydrogen) atoms. The van der Waals surface area contributed by atoms with Gasteiger partial charge in [-0.05, 0) is 47.3 Å². The molecule has 1 aromatic carbocycles. The predicted molar refractivity (Wildman–Crippen MR) is 73.0 cm³/mol. The van der Waals surface area contributed by atoms with Crippen molar-refractivity contribution in [2.24, 2.45) is 0 Å². The molecule has 1 amide bonds. The lowest BCUT2D eigenvalue weighted by Gasteiger charge is -2.29. The van der Waals surface area contributed by atoms with Crippen LogP contribution in [0.2, 0.25) is 5.22 Å². The van der Waals surface area contributed by atoms with Gasteiger partial charge in [0.05, 0.1) is 0 Å². The Morgan fingerprint density at radius 1 is 1.32 bits per heavy atom. The zero-order valence-electron chi connectivity index (χ0n) is 10.2. The zero-order valence-corrected chi connectivity index (χ0v) is 11.0. The summed E-state index contributed by atoms with van der Waals surface area (Å²) >= 11 is 5.69. The van der Waals surface area contributed by atoms with Crippen LogP contribution in [0.4, 0.5) is 5.69 Å². The van der Waals surface area contributed by atoms with Crippen molar-refractivity contribution in [2.45, 2.75) is 13.0 Å². The minimum absolute atomic E-state index is 0.152. The molecule has 98 valence electrons. The first-order valence-electron chi connectivity index (χ1n) is 6.06. The molecule has 5 heteroatoms. The molecule has 0 atom stereocenters. The van der Waals surface area contributed by atoms with Gasteiger partial charge in [0.2, 0.25) is 0 Å². The third-order valence-corrected chi connectivity index (χ3v) is 3.58. The number of hydrogen-bond acceptors (Lipinski definition) is 3. The number of anilines is 1. The third kappa shape index (κ3) is 2.19. The van der Waals surface area contributed by atoms with E-state index in [1.165, 1.54) is 5.56 Å². The summed E-state index contributed by atoms with van der Waals surface area (Å²) in [4.78, 5) is 14.0. The molecule has 1 aliphatic heterocycles. The molecule has 0 spiro atoms. The number of nitrogens with zero attached hydrogens (tertiary/aromatic N) is 1. The van der Waals surface area contributed by atoms with Gasteiger partial charge in [0.1, 0.15) is 0 Å². The second-order valence-corrected chi connectivity index (χ2v) is 4.94. The van der Waals surface area contributed by atoms with Crippen molar-refractivity contribution >= 4 is 23.2 Å². The molecule has 0 unspecified atom stereocenters. The van der Waals surface area contributed by atoms with Crippen molar-refractivity contribution < 1.29 is 9.21 Å². The normalized spacial score (nSPS) is 14.3. The number of nitrogens with two attached hydrogens (primary N) is 1. The van der Waals surface area contributed by atoms with Gasteiger partial charge < -0.3 is 15.1 Å². The molecule has 0 fully saturated rings. The minimum atomic E-state index is -0.152. The second kappa shape index (κ2) is 4.63. The lowest BCUT2D eigenvalue weighted by Crippen LogP contribution is -2.36. The summed E-state index contributed by atoms with van der Waals surface area (Å²) in [6.07, 6.45) is 0.806. The molecule has 0 aliphatic carbocycles. The van der Waals surface area contributed by atoms with E-state index in [2.05, 4.69) is 6.07 Å². The number of furan rings is 1. The highest BCUT2D eigenvalue weighted by Gasteiger charge is 2.24. The molecule has 1 aliphatic rings. The summed E-state index contributed by atoms with van der Waals surface area (Å²) in [6.45, 7) is 1.17. The average Bonchev–Trinajstić information content (AvgIpc) is 2.85. The molecule has 0 saturated carbocycles. The van der Waals surface area contributed by atoms with E-state index in [0.29, 0.717) is 13.1 Å². The summed E-state index contributed by atoms with van der Waals surface area (Å²) in [5.74, 6) is 0.115. The smallest absolute Gasteiger partial charge is 0.289 e. The van der Waals surface area contributed by atoms with Crippen LogP contribution < -0.4 is 5.73 Å². The molecule has 0 saturated heterocycles. The Balaban J connectivity index is 1.86. The highest BCUT2D eigenvalue weighted by molar-refractivity contribution is 6.29. The van der Waals surface area contributed by atoms with Crippen LogP contribution in [0.25, 0.3) is 0 Å². The van der Waals surface area contributed by atoms with Crippen LogP contribution >= 0.6 is 11.6 Å². The molecule has 2 aromatic rings. The predicted octanol–water partition coefficient (Wildman–Crippen LogP) is 2.71. The number of amides is 1. The summed E-state index contributed by atoms with van der Waals surface area (Å²) in [6, 6.07) is 9.02. The Morgan fingerprint density at radius 2 is 2.16 bits per heavy atom. The lowest BCUT2D eigenvalue weighted by atomic mass is 9.98. The van der Waals surface area contributed by atoms with Gasteiger partial charge in [-0.3, -0.25) is 4.79 Å². The molecule has 0 bridgehead atoms. The van der Waals surface area contributed by atoms with E-state index in [-0.39, 0.29) is 16.9 Å². The largest absolute Gasteiger partial charge is 0.440 e. The highest BCUT2D eigenvalue weighted by Crippen LogP contribution is 2.26. The standard InChI is InChI=1S/C14H13ClN2O2/c15-13-5-4-12(19-13)14(18)17-7-6-9-2-1-3-11(16)10(9)8-17/h1-5H,6-8,16H2. The number of carbonyl (C=O) groups excluding carboxylic acids is 1. The fourth-order valence-electron chi connectivity index (χ4n) is 2.37. The number of carbonyl (C=O) groups is 1. The Labute approximate surface area is 115 Å². The van der Waals surface area contributed by atoms with Crippen LogP contribution in [0.5, 0.6) is 0 Å². The van der Waals surface area contributed by atoms with Crippen LogP contribution in [0.3, 0.4) is 0 Å². The van der Waals surface area contributed by atoms with Crippen LogP contribution in [0, 0.1) is 0 Å². The Hall–Kier alpha value is -1.94. The molecular weight excluding hydrogens is 264 g/mol. The van der Waals surface area contributed by atoms with E-state index < -0.39 is 0 Å². The van der Waals surface area contributed by atoms with E-state index >= 15 is 0 Å². The molecule has 1 aromatic heterocycles. The Bertz CT molecular complexity index is 636. The number of nitrogen functional groups attached to an aromatic ring is 1. The van der Waals surface area contributed by atoms with Gasteiger partial charge in [-0.1, -0.05) is 12.1 Å². The maximum absolute atomic E-state index is 12.3. The summed E-state index contributed by atoms with van der Waals surface area (Å²) in [5, 5.41) is 0.222. The summed E-state index contributed by atoms with van der Waals surface area (Å²) in [7, 11) is 0. The number of rotatable bonds is 1. The van der Waals surface area contributed by atoms with E-state index in [4.69, 9.17) is 21.8 Å². The number of fused-ring (bicyclic) bond motifs is 1. The molecule has 3 rings (SSSR count). The SMILES string of the molecule is Nc1cccc2c1CN(C(=O)c1ccc(Cl)o1)CC2. The topological polar surface area (TPSA) is 59.5 Å². The fourth-order valence-corrected chi connectivity index (χ4v) is 2.51. The van der Waals surface area contributed by atoms with Gasteiger partial charge in [0, 0.05) is 18.8 Å². The third-order valence-electron chi connectivity index (χ3n) is 3.38.